The molecule has 0 saturated heterocycles. The highest BCUT2D eigenvalue weighted by Crippen LogP contribution is 2.39. The minimum Gasteiger partial charge on any atom is -0.319 e. The Kier molecular flexibility index (Phi) is 5.92. The van der Waals surface area contributed by atoms with Gasteiger partial charge in [-0.3, -0.25) is 0 Å². The van der Waals surface area contributed by atoms with Crippen LogP contribution in [-0.2, 0) is 5.75 Å². The molecule has 2 aromatic rings. The SMILES string of the molecule is CNCC/C=C1/c2ccccc2CSc2ccccc21.Cl. The Morgan fingerprint density at radius 3 is 2.57 bits per heavy atom. The number of thioether (sulfide) groups is 1. The molecule has 0 unspecified atom stereocenters. The Morgan fingerprint density at radius 1 is 1.05 bits per heavy atom. The van der Waals surface area contributed by atoms with Crippen molar-refractivity contribution in [2.45, 2.75) is 17.1 Å². The van der Waals surface area contributed by atoms with Crippen molar-refractivity contribution in [3.8, 4) is 0 Å². The Labute approximate surface area is 137 Å². The van der Waals surface area contributed by atoms with Crippen LogP contribution in [0.5, 0.6) is 0 Å². The predicted molar refractivity (Wildman–Crippen MR) is 95.3 cm³/mol. The summed E-state index contributed by atoms with van der Waals surface area (Å²) >= 11 is 1.94. The molecule has 3 rings (SSSR count). The second-order valence-corrected chi connectivity index (χ2v) is 5.97. The normalized spacial score (nSPS) is 14.8. The molecule has 0 spiro atoms. The summed E-state index contributed by atoms with van der Waals surface area (Å²) in [5, 5.41) is 3.22. The first-order valence-corrected chi connectivity index (χ1v) is 8.04. The van der Waals surface area contributed by atoms with Gasteiger partial charge in [-0.2, -0.15) is 0 Å². The number of hydrogen-bond acceptors (Lipinski definition) is 2. The molecule has 0 fully saturated rings. The van der Waals surface area contributed by atoms with Crippen LogP contribution in [-0.4, -0.2) is 13.6 Å². The molecule has 3 heteroatoms. The zero-order valence-corrected chi connectivity index (χ0v) is 13.8. The summed E-state index contributed by atoms with van der Waals surface area (Å²) < 4.78 is 0. The van der Waals surface area contributed by atoms with Crippen molar-refractivity contribution in [2.75, 3.05) is 13.6 Å². The molecule has 0 amide bonds. The van der Waals surface area contributed by atoms with Gasteiger partial charge in [0.1, 0.15) is 0 Å². The fourth-order valence-electron chi connectivity index (χ4n) is 2.61. The molecular formula is C18H20ClNS. The van der Waals surface area contributed by atoms with Crippen molar-refractivity contribution in [1.29, 1.82) is 0 Å². The highest BCUT2D eigenvalue weighted by atomic mass is 35.5. The fraction of sp³-hybridized carbons (Fsp3) is 0.222. The van der Waals surface area contributed by atoms with Gasteiger partial charge in [0.05, 0.1) is 0 Å². The van der Waals surface area contributed by atoms with E-state index in [2.05, 4.69) is 59.9 Å². The molecule has 1 nitrogen and oxygen atoms in total. The lowest BCUT2D eigenvalue weighted by atomic mass is 9.93. The Bertz CT molecular complexity index is 587. The molecule has 1 aliphatic rings. The fourth-order valence-corrected chi connectivity index (χ4v) is 3.68. The summed E-state index contributed by atoms with van der Waals surface area (Å²) in [7, 11) is 2.00. The molecule has 0 radical (unpaired) electrons. The standard InChI is InChI=1S/C18H19NS.ClH/c1-19-12-6-10-16-15-8-3-2-7-14(15)13-20-18-11-5-4-9-17(16)18;/h2-5,7-11,19H,6,12-13H2,1H3;1H/b16-10-;. The lowest BCUT2D eigenvalue weighted by Crippen LogP contribution is -2.06. The van der Waals surface area contributed by atoms with Crippen molar-refractivity contribution < 1.29 is 0 Å². The molecule has 1 N–H and O–H groups in total. The van der Waals surface area contributed by atoms with Gasteiger partial charge >= 0.3 is 0 Å². The van der Waals surface area contributed by atoms with Gasteiger partial charge in [-0.05, 0) is 48.3 Å². The smallest absolute Gasteiger partial charge is 0.0238 e. The van der Waals surface area contributed by atoms with Crippen molar-refractivity contribution in [2.24, 2.45) is 0 Å². The number of rotatable bonds is 3. The van der Waals surface area contributed by atoms with E-state index in [-0.39, 0.29) is 12.4 Å². The summed E-state index contributed by atoms with van der Waals surface area (Å²) in [5.74, 6) is 1.05. The zero-order valence-electron chi connectivity index (χ0n) is 12.1. The number of nitrogens with one attached hydrogen (secondary N) is 1. The summed E-state index contributed by atoms with van der Waals surface area (Å²) in [6.07, 6.45) is 3.43. The lowest BCUT2D eigenvalue weighted by Gasteiger charge is -2.11. The van der Waals surface area contributed by atoms with Crippen molar-refractivity contribution >= 4 is 29.7 Å². The molecule has 0 bridgehead atoms. The third kappa shape index (κ3) is 3.52. The van der Waals surface area contributed by atoms with Crippen LogP contribution in [0.1, 0.15) is 23.1 Å². The van der Waals surface area contributed by atoms with Crippen molar-refractivity contribution in [3.63, 3.8) is 0 Å². The highest BCUT2D eigenvalue weighted by molar-refractivity contribution is 7.98. The molecule has 110 valence electrons. The molecule has 1 heterocycles. The molecule has 2 aromatic carbocycles. The van der Waals surface area contributed by atoms with Gasteiger partial charge in [0, 0.05) is 10.6 Å². The first kappa shape index (κ1) is 16.2. The number of hydrogen-bond donors (Lipinski definition) is 1. The van der Waals surface area contributed by atoms with E-state index in [1.807, 2.05) is 18.8 Å². The Balaban J connectivity index is 0.00000161. The quantitative estimate of drug-likeness (QED) is 0.819. The van der Waals surface area contributed by atoms with Crippen LogP contribution in [0.25, 0.3) is 5.57 Å². The van der Waals surface area contributed by atoms with Crippen LogP contribution in [0.15, 0.2) is 59.5 Å². The van der Waals surface area contributed by atoms with E-state index in [1.165, 1.54) is 27.2 Å². The molecule has 0 atom stereocenters. The van der Waals surface area contributed by atoms with Gasteiger partial charge in [-0.1, -0.05) is 48.5 Å². The van der Waals surface area contributed by atoms with Gasteiger partial charge in [-0.25, -0.2) is 0 Å². The van der Waals surface area contributed by atoms with Crippen molar-refractivity contribution in [3.05, 3.63) is 71.3 Å². The summed E-state index contributed by atoms with van der Waals surface area (Å²) in [6, 6.07) is 17.5. The monoisotopic (exact) mass is 317 g/mol. The number of benzene rings is 2. The molecule has 1 aliphatic heterocycles. The van der Waals surface area contributed by atoms with E-state index >= 15 is 0 Å². The molecule has 0 saturated carbocycles. The first-order valence-electron chi connectivity index (χ1n) is 7.05. The largest absolute Gasteiger partial charge is 0.319 e. The van der Waals surface area contributed by atoms with Gasteiger partial charge in [-0.15, -0.1) is 24.2 Å². The van der Waals surface area contributed by atoms with Crippen LogP contribution >= 0.6 is 24.2 Å². The van der Waals surface area contributed by atoms with Crippen LogP contribution in [0.4, 0.5) is 0 Å². The molecule has 21 heavy (non-hydrogen) atoms. The third-order valence-electron chi connectivity index (χ3n) is 3.61. The maximum absolute atomic E-state index is 3.22. The zero-order chi connectivity index (χ0) is 13.8. The second kappa shape index (κ2) is 7.69. The van der Waals surface area contributed by atoms with Crippen LogP contribution in [0.3, 0.4) is 0 Å². The van der Waals surface area contributed by atoms with Gasteiger partial charge in [0.25, 0.3) is 0 Å². The van der Waals surface area contributed by atoms with E-state index in [4.69, 9.17) is 0 Å². The summed E-state index contributed by atoms with van der Waals surface area (Å²) in [4.78, 5) is 1.39. The Hall–Kier alpha value is -1.22. The van der Waals surface area contributed by atoms with Crippen molar-refractivity contribution in [1.82, 2.24) is 5.32 Å². The topological polar surface area (TPSA) is 12.0 Å². The average molecular weight is 318 g/mol. The lowest BCUT2D eigenvalue weighted by molar-refractivity contribution is 0.808. The minimum absolute atomic E-state index is 0. The average Bonchev–Trinajstić information content (AvgIpc) is 2.66. The summed E-state index contributed by atoms with van der Waals surface area (Å²) in [5.41, 5.74) is 5.58. The predicted octanol–water partition coefficient (Wildman–Crippen LogP) is 4.76. The molecular weight excluding hydrogens is 298 g/mol. The van der Waals surface area contributed by atoms with E-state index in [0.717, 1.165) is 18.7 Å². The minimum atomic E-state index is 0. The van der Waals surface area contributed by atoms with E-state index in [9.17, 15) is 0 Å². The maximum atomic E-state index is 3.22. The van der Waals surface area contributed by atoms with Crippen LogP contribution in [0, 0.1) is 0 Å². The van der Waals surface area contributed by atoms with Gasteiger partial charge < -0.3 is 5.32 Å². The summed E-state index contributed by atoms with van der Waals surface area (Å²) in [6.45, 7) is 1.01. The molecule has 0 aromatic heterocycles. The second-order valence-electron chi connectivity index (χ2n) is 4.95. The Morgan fingerprint density at radius 2 is 1.76 bits per heavy atom. The first-order chi connectivity index (χ1) is 9.90. The van der Waals surface area contributed by atoms with E-state index < -0.39 is 0 Å². The highest BCUT2D eigenvalue weighted by Gasteiger charge is 2.17. The number of fused-ring (bicyclic) bond motifs is 2. The van der Waals surface area contributed by atoms with Crippen LogP contribution in [0.2, 0.25) is 0 Å². The van der Waals surface area contributed by atoms with E-state index in [1.54, 1.807) is 0 Å². The van der Waals surface area contributed by atoms with Gasteiger partial charge in [0.15, 0.2) is 0 Å². The third-order valence-corrected chi connectivity index (χ3v) is 4.73. The van der Waals surface area contributed by atoms with Crippen LogP contribution < -0.4 is 5.32 Å². The van der Waals surface area contributed by atoms with Gasteiger partial charge in [0.2, 0.25) is 0 Å². The van der Waals surface area contributed by atoms with E-state index in [0.29, 0.717) is 0 Å². The molecule has 0 aliphatic carbocycles. The number of halogens is 1. The maximum Gasteiger partial charge on any atom is 0.0238 e.